The molecule has 0 aliphatic carbocycles. The van der Waals surface area contributed by atoms with E-state index in [1.807, 2.05) is 6.92 Å². The smallest absolute Gasteiger partial charge is 0.339 e. The number of rotatable bonds is 6. The number of phenolic OH excluding ortho intramolecular Hbond substituents is 2. The van der Waals surface area contributed by atoms with Crippen LogP contribution in [0.5, 0.6) is 11.5 Å². The van der Waals surface area contributed by atoms with Gasteiger partial charge >= 0.3 is 11.9 Å². The first-order valence-electron chi connectivity index (χ1n) is 8.35. The zero-order valence-electron chi connectivity index (χ0n) is 14.5. The van der Waals surface area contributed by atoms with E-state index < -0.39 is 54.1 Å². The quantitative estimate of drug-likeness (QED) is 0.315. The number of aliphatic hydroxyl groups excluding tert-OH is 3. The number of aliphatic hydroxyl groups is 3. The molecule has 0 radical (unpaired) electrons. The predicted molar refractivity (Wildman–Crippen MR) is 87.7 cm³/mol. The van der Waals surface area contributed by atoms with E-state index in [0.29, 0.717) is 6.42 Å². The van der Waals surface area contributed by atoms with Crippen LogP contribution in [-0.4, -0.2) is 74.8 Å². The van der Waals surface area contributed by atoms with Crippen molar-refractivity contribution in [1.29, 1.82) is 0 Å². The molecule has 0 unspecified atom stereocenters. The Balaban J connectivity index is 2.19. The molecule has 1 aromatic rings. The van der Waals surface area contributed by atoms with Gasteiger partial charge in [-0.25, -0.2) is 9.59 Å². The molecule has 10 heteroatoms. The van der Waals surface area contributed by atoms with Crippen LogP contribution in [-0.2, 0) is 19.0 Å². The van der Waals surface area contributed by atoms with Crippen LogP contribution in [0.4, 0.5) is 0 Å². The van der Waals surface area contributed by atoms with Crippen molar-refractivity contribution in [1.82, 2.24) is 0 Å². The molecule has 10 nitrogen and oxygen atoms in total. The van der Waals surface area contributed by atoms with Gasteiger partial charge in [-0.1, -0.05) is 13.3 Å². The first kappa shape index (κ1) is 20.9. The molecule has 0 amide bonds. The van der Waals surface area contributed by atoms with Crippen LogP contribution in [0.1, 0.15) is 30.1 Å². The highest BCUT2D eigenvalue weighted by atomic mass is 16.7. The second-order valence-electron chi connectivity index (χ2n) is 6.06. The topological polar surface area (TPSA) is 163 Å². The van der Waals surface area contributed by atoms with E-state index in [-0.39, 0.29) is 12.2 Å². The molecule has 1 saturated heterocycles. The molecule has 0 bridgehead atoms. The summed E-state index contributed by atoms with van der Waals surface area (Å²) in [5.41, 5.74) is -0.265. The summed E-state index contributed by atoms with van der Waals surface area (Å²) in [7, 11) is 0. The van der Waals surface area contributed by atoms with Crippen LogP contribution in [0.3, 0.4) is 0 Å². The van der Waals surface area contributed by atoms with Gasteiger partial charge in [0.25, 0.3) is 0 Å². The van der Waals surface area contributed by atoms with E-state index in [0.717, 1.165) is 24.6 Å². The fourth-order valence-corrected chi connectivity index (χ4v) is 2.48. The summed E-state index contributed by atoms with van der Waals surface area (Å²) < 4.78 is 15.0. The Labute approximate surface area is 154 Å². The molecule has 2 rings (SSSR count). The van der Waals surface area contributed by atoms with Gasteiger partial charge in [0.1, 0.15) is 23.7 Å². The van der Waals surface area contributed by atoms with Crippen LogP contribution in [0, 0.1) is 0 Å². The minimum atomic E-state index is -1.89. The summed E-state index contributed by atoms with van der Waals surface area (Å²) in [5.74, 6) is -2.91. The van der Waals surface area contributed by atoms with Crippen LogP contribution in [0.15, 0.2) is 18.2 Å². The summed E-state index contributed by atoms with van der Waals surface area (Å²) in [6.07, 6.45) is -7.60. The average Bonchev–Trinajstić information content (AvgIpc) is 2.61. The lowest BCUT2D eigenvalue weighted by molar-refractivity contribution is -0.280. The Bertz CT molecular complexity index is 655. The number of hydrogen-bond acceptors (Lipinski definition) is 10. The fourth-order valence-electron chi connectivity index (χ4n) is 2.48. The van der Waals surface area contributed by atoms with E-state index in [2.05, 4.69) is 0 Å². The van der Waals surface area contributed by atoms with Crippen molar-refractivity contribution in [3.8, 4) is 11.5 Å². The summed E-state index contributed by atoms with van der Waals surface area (Å²) >= 11 is 0. The van der Waals surface area contributed by atoms with Gasteiger partial charge in [0.2, 0.25) is 0 Å². The highest BCUT2D eigenvalue weighted by Crippen LogP contribution is 2.26. The van der Waals surface area contributed by atoms with Gasteiger partial charge in [-0.05, 0) is 18.6 Å². The molecular formula is C17H22O10. The molecule has 1 aromatic carbocycles. The van der Waals surface area contributed by atoms with Crippen LogP contribution >= 0.6 is 0 Å². The molecule has 0 saturated carbocycles. The molecule has 1 heterocycles. The van der Waals surface area contributed by atoms with E-state index in [4.69, 9.17) is 14.2 Å². The van der Waals surface area contributed by atoms with Crippen molar-refractivity contribution in [2.75, 3.05) is 6.61 Å². The van der Waals surface area contributed by atoms with E-state index in [1.165, 1.54) is 0 Å². The number of ether oxygens (including phenoxy) is 3. The molecule has 0 aromatic heterocycles. The lowest BCUT2D eigenvalue weighted by atomic mass is 9.98. The van der Waals surface area contributed by atoms with Crippen molar-refractivity contribution in [2.45, 2.75) is 50.5 Å². The Morgan fingerprint density at radius 1 is 1.07 bits per heavy atom. The van der Waals surface area contributed by atoms with Crippen molar-refractivity contribution < 1.29 is 49.3 Å². The highest BCUT2D eigenvalue weighted by Gasteiger charge is 2.50. The number of unbranched alkanes of at least 4 members (excludes halogenated alkanes) is 1. The standard InChI is InChI=1S/C17H22O10/c1-2-3-4-25-17(24)14-13(11(20)12(21)16(23)27-14)26-15(22)8-5-9(18)7-10(19)6-8/h5-7,11-14,16,18-21,23H,2-4H2,1H3/t11-,12-,13+,14+,16-/m1/s1. The van der Waals surface area contributed by atoms with Crippen LogP contribution in [0.25, 0.3) is 0 Å². The fraction of sp³-hybridized carbons (Fsp3) is 0.529. The third-order valence-corrected chi connectivity index (χ3v) is 3.92. The van der Waals surface area contributed by atoms with Gasteiger partial charge in [-0.3, -0.25) is 0 Å². The zero-order valence-corrected chi connectivity index (χ0v) is 14.5. The molecule has 27 heavy (non-hydrogen) atoms. The van der Waals surface area contributed by atoms with Gasteiger partial charge in [0.15, 0.2) is 18.5 Å². The summed E-state index contributed by atoms with van der Waals surface area (Å²) in [4.78, 5) is 24.5. The summed E-state index contributed by atoms with van der Waals surface area (Å²) in [6, 6.07) is 2.99. The largest absolute Gasteiger partial charge is 0.508 e. The Kier molecular flexibility index (Phi) is 6.97. The number of carbonyl (C=O) groups excluding carboxylic acids is 2. The zero-order chi connectivity index (χ0) is 20.1. The summed E-state index contributed by atoms with van der Waals surface area (Å²) in [6.45, 7) is 1.94. The van der Waals surface area contributed by atoms with Gasteiger partial charge in [-0.15, -0.1) is 0 Å². The second-order valence-corrected chi connectivity index (χ2v) is 6.06. The molecule has 1 aliphatic heterocycles. The first-order valence-corrected chi connectivity index (χ1v) is 8.35. The van der Waals surface area contributed by atoms with E-state index in [9.17, 15) is 35.1 Å². The molecule has 5 atom stereocenters. The maximum Gasteiger partial charge on any atom is 0.339 e. The van der Waals surface area contributed by atoms with Crippen LogP contribution in [0.2, 0.25) is 0 Å². The Hall–Kier alpha value is -2.40. The third kappa shape index (κ3) is 5.07. The van der Waals surface area contributed by atoms with Crippen molar-refractivity contribution in [3.63, 3.8) is 0 Å². The monoisotopic (exact) mass is 386 g/mol. The normalized spacial score (nSPS) is 27.8. The average molecular weight is 386 g/mol. The van der Waals surface area contributed by atoms with Crippen molar-refractivity contribution in [3.05, 3.63) is 23.8 Å². The maximum atomic E-state index is 12.3. The number of aromatic hydroxyl groups is 2. The predicted octanol–water partition coefficient (Wildman–Crippen LogP) is -0.594. The first-order chi connectivity index (χ1) is 12.7. The van der Waals surface area contributed by atoms with Crippen LogP contribution < -0.4 is 0 Å². The molecule has 1 aliphatic rings. The molecular weight excluding hydrogens is 364 g/mol. The minimum Gasteiger partial charge on any atom is -0.508 e. The van der Waals surface area contributed by atoms with Gasteiger partial charge in [0, 0.05) is 6.07 Å². The van der Waals surface area contributed by atoms with Crippen molar-refractivity contribution in [2.24, 2.45) is 0 Å². The van der Waals surface area contributed by atoms with Crippen molar-refractivity contribution >= 4 is 11.9 Å². The minimum absolute atomic E-state index is 0.0605. The highest BCUT2D eigenvalue weighted by molar-refractivity contribution is 5.91. The summed E-state index contributed by atoms with van der Waals surface area (Å²) in [5, 5.41) is 48.4. The second kappa shape index (κ2) is 9.00. The maximum absolute atomic E-state index is 12.3. The van der Waals surface area contributed by atoms with Gasteiger partial charge in [0.05, 0.1) is 12.2 Å². The number of phenols is 2. The lowest BCUT2D eigenvalue weighted by Crippen LogP contribution is -2.61. The number of esters is 2. The third-order valence-electron chi connectivity index (χ3n) is 3.92. The van der Waals surface area contributed by atoms with Gasteiger partial charge < -0.3 is 39.7 Å². The van der Waals surface area contributed by atoms with Gasteiger partial charge in [-0.2, -0.15) is 0 Å². The molecule has 1 fully saturated rings. The number of hydrogen-bond donors (Lipinski definition) is 5. The van der Waals surface area contributed by atoms with E-state index in [1.54, 1.807) is 0 Å². The molecule has 150 valence electrons. The number of benzene rings is 1. The Morgan fingerprint density at radius 2 is 1.70 bits per heavy atom. The lowest BCUT2D eigenvalue weighted by Gasteiger charge is -2.38. The molecule has 5 N–H and O–H groups in total. The van der Waals surface area contributed by atoms with E-state index >= 15 is 0 Å². The molecule has 0 spiro atoms. The SMILES string of the molecule is CCCCOC(=O)[C@H]1O[C@@H](O)[C@H](O)[C@@H](O)[C@@H]1OC(=O)c1cc(O)cc(O)c1. The Morgan fingerprint density at radius 3 is 2.30 bits per heavy atom. The number of carbonyl (C=O) groups is 2.